The van der Waals surface area contributed by atoms with Crippen LogP contribution in [0, 0.1) is 6.92 Å². The first-order valence-corrected chi connectivity index (χ1v) is 6.53. The molecule has 0 spiro atoms. The number of hydrogen-bond acceptors (Lipinski definition) is 1. The standard InChI is InChI=1S/C17H20NO/c1-13-7-5-6-8-16(13)14-9-11-15(12-10-14)18(19)17(2,3)4/h5-12H,1-4H3. The fourth-order valence-corrected chi connectivity index (χ4v) is 2.06. The fraction of sp³-hybridized carbons (Fsp3) is 0.294. The van der Waals surface area contributed by atoms with Crippen molar-refractivity contribution >= 4 is 5.69 Å². The van der Waals surface area contributed by atoms with Gasteiger partial charge in [0, 0.05) is 0 Å². The van der Waals surface area contributed by atoms with Crippen LogP contribution in [0.4, 0.5) is 5.69 Å². The third-order valence-electron chi connectivity index (χ3n) is 3.17. The molecule has 0 saturated carbocycles. The maximum Gasteiger partial charge on any atom is 0.0674 e. The van der Waals surface area contributed by atoms with Gasteiger partial charge in [-0.1, -0.05) is 41.6 Å². The topological polar surface area (TPSA) is 23.1 Å². The van der Waals surface area contributed by atoms with Crippen LogP contribution in [0.25, 0.3) is 11.1 Å². The van der Waals surface area contributed by atoms with E-state index < -0.39 is 5.54 Å². The lowest BCUT2D eigenvalue weighted by Crippen LogP contribution is -2.37. The van der Waals surface area contributed by atoms with Crippen molar-refractivity contribution in [1.82, 2.24) is 0 Å². The predicted octanol–water partition coefficient (Wildman–Crippen LogP) is 4.61. The van der Waals surface area contributed by atoms with E-state index in [1.807, 2.05) is 57.2 Å². The summed E-state index contributed by atoms with van der Waals surface area (Å²) in [5, 5.41) is 13.1. The third-order valence-corrected chi connectivity index (χ3v) is 3.17. The molecule has 19 heavy (non-hydrogen) atoms. The SMILES string of the molecule is Cc1ccccc1-c1ccc(N([O])C(C)(C)C)cc1. The molecule has 0 N–H and O–H groups in total. The molecule has 1 radical (unpaired) electrons. The van der Waals surface area contributed by atoms with Gasteiger partial charge in [0.05, 0.1) is 11.2 Å². The Morgan fingerprint density at radius 3 is 2.00 bits per heavy atom. The summed E-state index contributed by atoms with van der Waals surface area (Å²) in [5.41, 5.74) is 3.88. The maximum atomic E-state index is 12.1. The van der Waals surface area contributed by atoms with E-state index in [2.05, 4.69) is 19.1 Å². The number of nitrogens with zero attached hydrogens (tertiary/aromatic N) is 1. The van der Waals surface area contributed by atoms with Crippen LogP contribution >= 0.6 is 0 Å². The van der Waals surface area contributed by atoms with E-state index in [1.54, 1.807) is 0 Å². The summed E-state index contributed by atoms with van der Waals surface area (Å²) in [7, 11) is 0. The largest absolute Gasteiger partial charge is 0.215 e. The van der Waals surface area contributed by atoms with Crippen molar-refractivity contribution < 1.29 is 5.21 Å². The average Bonchev–Trinajstić information content (AvgIpc) is 2.38. The summed E-state index contributed by atoms with van der Waals surface area (Å²) in [6, 6.07) is 16.1. The van der Waals surface area contributed by atoms with E-state index in [0.717, 1.165) is 10.6 Å². The molecule has 2 aromatic carbocycles. The lowest BCUT2D eigenvalue weighted by Gasteiger charge is -2.28. The summed E-state index contributed by atoms with van der Waals surface area (Å²) < 4.78 is 0. The number of anilines is 1. The molecular formula is C17H20NO. The molecule has 0 amide bonds. The molecule has 0 fully saturated rings. The molecule has 99 valence electrons. The number of aryl methyl sites for hydroxylation is 1. The Kier molecular flexibility index (Phi) is 3.63. The molecule has 2 heteroatoms. The highest BCUT2D eigenvalue weighted by Crippen LogP contribution is 2.27. The molecule has 0 unspecified atom stereocenters. The lowest BCUT2D eigenvalue weighted by atomic mass is 10.00. The van der Waals surface area contributed by atoms with Crippen LogP contribution in [-0.4, -0.2) is 5.54 Å². The van der Waals surface area contributed by atoms with Gasteiger partial charge >= 0.3 is 0 Å². The molecule has 0 atom stereocenters. The van der Waals surface area contributed by atoms with Crippen molar-refractivity contribution in [3.8, 4) is 11.1 Å². The first-order chi connectivity index (χ1) is 8.89. The summed E-state index contributed by atoms with van der Waals surface area (Å²) in [4.78, 5) is 0. The van der Waals surface area contributed by atoms with Crippen LogP contribution in [-0.2, 0) is 5.21 Å². The van der Waals surface area contributed by atoms with Crippen molar-refractivity contribution in [2.24, 2.45) is 0 Å². The van der Waals surface area contributed by atoms with Crippen LogP contribution in [0.3, 0.4) is 0 Å². The van der Waals surface area contributed by atoms with Gasteiger partial charge in [-0.25, -0.2) is 5.06 Å². The molecule has 0 saturated heterocycles. The molecule has 0 aromatic heterocycles. The minimum absolute atomic E-state index is 0.413. The van der Waals surface area contributed by atoms with Gasteiger partial charge in [-0.05, 0) is 56.5 Å². The quantitative estimate of drug-likeness (QED) is 0.717. The number of hydrogen-bond donors (Lipinski definition) is 0. The molecule has 0 aliphatic rings. The second-order valence-corrected chi connectivity index (χ2v) is 5.83. The molecule has 2 rings (SSSR count). The van der Waals surface area contributed by atoms with E-state index in [4.69, 9.17) is 0 Å². The Bertz CT molecular complexity index is 552. The Morgan fingerprint density at radius 2 is 1.47 bits per heavy atom. The van der Waals surface area contributed by atoms with Gasteiger partial charge in [-0.15, -0.1) is 0 Å². The van der Waals surface area contributed by atoms with Gasteiger partial charge in [0.15, 0.2) is 0 Å². The van der Waals surface area contributed by atoms with Crippen molar-refractivity contribution in [3.63, 3.8) is 0 Å². The van der Waals surface area contributed by atoms with E-state index in [9.17, 15) is 5.21 Å². The minimum atomic E-state index is -0.413. The van der Waals surface area contributed by atoms with Gasteiger partial charge in [0.25, 0.3) is 0 Å². The molecule has 0 aliphatic heterocycles. The Hall–Kier alpha value is -1.80. The van der Waals surface area contributed by atoms with Crippen LogP contribution in [0.15, 0.2) is 48.5 Å². The van der Waals surface area contributed by atoms with Gasteiger partial charge in [-0.2, -0.15) is 0 Å². The normalized spacial score (nSPS) is 11.4. The second-order valence-electron chi connectivity index (χ2n) is 5.83. The highest BCUT2D eigenvalue weighted by molar-refractivity contribution is 5.69. The van der Waals surface area contributed by atoms with Gasteiger partial charge < -0.3 is 0 Å². The highest BCUT2D eigenvalue weighted by atomic mass is 16.5. The molecule has 2 aromatic rings. The van der Waals surface area contributed by atoms with Crippen molar-refractivity contribution in [2.45, 2.75) is 33.2 Å². The number of rotatable bonds is 2. The lowest BCUT2D eigenvalue weighted by molar-refractivity contribution is 0.102. The monoisotopic (exact) mass is 254 g/mol. The van der Waals surface area contributed by atoms with Gasteiger partial charge in [0.1, 0.15) is 0 Å². The van der Waals surface area contributed by atoms with Crippen LogP contribution in [0.1, 0.15) is 26.3 Å². The van der Waals surface area contributed by atoms with Crippen LogP contribution in [0.2, 0.25) is 0 Å². The molecule has 0 heterocycles. The third kappa shape index (κ3) is 2.96. The van der Waals surface area contributed by atoms with Crippen LogP contribution in [0.5, 0.6) is 0 Å². The second kappa shape index (κ2) is 5.06. The van der Waals surface area contributed by atoms with Gasteiger partial charge in [0.2, 0.25) is 0 Å². The van der Waals surface area contributed by atoms with Crippen molar-refractivity contribution in [2.75, 3.05) is 5.06 Å². The zero-order valence-electron chi connectivity index (χ0n) is 12.0. The summed E-state index contributed by atoms with van der Waals surface area (Å²) in [6.07, 6.45) is 0. The molecule has 0 bridgehead atoms. The van der Waals surface area contributed by atoms with E-state index in [1.165, 1.54) is 11.1 Å². The molecular weight excluding hydrogens is 234 g/mol. The van der Waals surface area contributed by atoms with E-state index in [0.29, 0.717) is 5.69 Å². The van der Waals surface area contributed by atoms with Crippen molar-refractivity contribution in [3.05, 3.63) is 54.1 Å². The zero-order valence-corrected chi connectivity index (χ0v) is 12.0. The van der Waals surface area contributed by atoms with E-state index in [-0.39, 0.29) is 0 Å². The Morgan fingerprint density at radius 1 is 0.895 bits per heavy atom. The van der Waals surface area contributed by atoms with E-state index >= 15 is 0 Å². The zero-order chi connectivity index (χ0) is 14.0. The average molecular weight is 254 g/mol. The summed E-state index contributed by atoms with van der Waals surface area (Å²) in [5.74, 6) is 0. The van der Waals surface area contributed by atoms with Gasteiger partial charge in [-0.3, -0.25) is 0 Å². The minimum Gasteiger partial charge on any atom is -0.215 e. The summed E-state index contributed by atoms with van der Waals surface area (Å²) in [6.45, 7) is 7.83. The van der Waals surface area contributed by atoms with Crippen LogP contribution < -0.4 is 5.06 Å². The Balaban J connectivity index is 2.32. The summed E-state index contributed by atoms with van der Waals surface area (Å²) >= 11 is 0. The number of benzene rings is 2. The first-order valence-electron chi connectivity index (χ1n) is 6.53. The maximum absolute atomic E-state index is 12.1. The molecule has 0 aliphatic carbocycles. The number of hydroxylamine groups is 1. The predicted molar refractivity (Wildman–Crippen MR) is 79.5 cm³/mol. The van der Waals surface area contributed by atoms with Crippen molar-refractivity contribution in [1.29, 1.82) is 0 Å². The smallest absolute Gasteiger partial charge is 0.0674 e. The Labute approximate surface area is 115 Å². The molecule has 2 nitrogen and oxygen atoms in total. The first kappa shape index (κ1) is 13.6. The fourth-order valence-electron chi connectivity index (χ4n) is 2.06. The highest BCUT2D eigenvalue weighted by Gasteiger charge is 2.21.